The van der Waals surface area contributed by atoms with E-state index >= 15 is 0 Å². The van der Waals surface area contributed by atoms with E-state index < -0.39 is 26.5 Å². The number of allylic oxidation sites excluding steroid dienone is 6. The van der Waals surface area contributed by atoms with Crippen LogP contribution in [0, 0.1) is 0 Å². The minimum atomic E-state index is -4.27. The molecule has 9 heteroatoms. The Balaban J connectivity index is 3.90. The number of phosphoric acid groups is 1. The van der Waals surface area contributed by atoms with Gasteiger partial charge < -0.3 is 14.4 Å². The van der Waals surface area contributed by atoms with E-state index in [-0.39, 0.29) is 19.0 Å². The molecule has 0 saturated carbocycles. The molecule has 0 aliphatic carbocycles. The third-order valence-corrected chi connectivity index (χ3v) is 11.1. The first kappa shape index (κ1) is 54.3. The molecule has 1 N–H and O–H groups in total. The van der Waals surface area contributed by atoms with E-state index in [2.05, 4.69) is 54.8 Å². The molecule has 0 saturated heterocycles. The van der Waals surface area contributed by atoms with Gasteiger partial charge in [-0.1, -0.05) is 204 Å². The SMILES string of the molecule is CC/C=C\C/C=C\C/C=C\CCCCCCCC(=O)OC(COC(=O)CCCCCCCCCCCCCCCCCCCCCCCC)COP(=O)(O)OC. The summed E-state index contributed by atoms with van der Waals surface area (Å²) in [5.74, 6) is -0.815. The maximum absolute atomic E-state index is 12.5. The summed E-state index contributed by atoms with van der Waals surface area (Å²) in [5, 5.41) is 0. The molecule has 0 bridgehead atoms. The largest absolute Gasteiger partial charge is 0.472 e. The van der Waals surface area contributed by atoms with E-state index in [1.165, 1.54) is 122 Å². The Labute approximate surface area is 345 Å². The van der Waals surface area contributed by atoms with Crippen molar-refractivity contribution in [1.29, 1.82) is 0 Å². The molecule has 0 aromatic heterocycles. The third kappa shape index (κ3) is 41.9. The molecule has 8 nitrogen and oxygen atoms in total. The zero-order chi connectivity index (χ0) is 41.1. The summed E-state index contributed by atoms with van der Waals surface area (Å²) in [6.07, 6.45) is 50.7. The lowest BCUT2D eigenvalue weighted by atomic mass is 10.0. The Morgan fingerprint density at radius 1 is 0.518 bits per heavy atom. The minimum absolute atomic E-state index is 0.227. The number of carbonyl (C=O) groups excluding carboxylic acids is 2. The summed E-state index contributed by atoms with van der Waals surface area (Å²) in [6.45, 7) is 3.79. The van der Waals surface area contributed by atoms with E-state index in [0.717, 1.165) is 77.7 Å². The third-order valence-electron chi connectivity index (χ3n) is 10.1. The number of hydrogen-bond donors (Lipinski definition) is 1. The van der Waals surface area contributed by atoms with Gasteiger partial charge in [-0.05, 0) is 44.9 Å². The van der Waals surface area contributed by atoms with Crippen LogP contribution in [0.25, 0.3) is 0 Å². The highest BCUT2D eigenvalue weighted by Gasteiger charge is 2.24. The number of rotatable bonds is 43. The van der Waals surface area contributed by atoms with E-state index in [9.17, 15) is 19.0 Å². The summed E-state index contributed by atoms with van der Waals surface area (Å²) in [4.78, 5) is 34.5. The predicted octanol–water partition coefficient (Wildman–Crippen LogP) is 14.8. The second kappa shape index (κ2) is 42.9. The molecule has 2 atom stereocenters. The maximum Gasteiger partial charge on any atom is 0.472 e. The molecule has 0 rings (SSSR count). The Bertz CT molecular complexity index is 1010. The normalized spacial score (nSPS) is 13.6. The molecule has 0 aliphatic heterocycles. The van der Waals surface area contributed by atoms with Crippen molar-refractivity contribution in [3.63, 3.8) is 0 Å². The lowest BCUT2D eigenvalue weighted by Gasteiger charge is -2.19. The van der Waals surface area contributed by atoms with Gasteiger partial charge in [0.05, 0.1) is 6.61 Å². The fourth-order valence-corrected chi connectivity index (χ4v) is 7.08. The molecule has 0 amide bonds. The molecule has 0 fully saturated rings. The van der Waals surface area contributed by atoms with Crippen LogP contribution in [-0.2, 0) is 32.7 Å². The van der Waals surface area contributed by atoms with Gasteiger partial charge in [-0.15, -0.1) is 0 Å². The van der Waals surface area contributed by atoms with Gasteiger partial charge in [-0.3, -0.25) is 18.6 Å². The average molecular weight is 811 g/mol. The Hall–Kier alpha value is -1.73. The summed E-state index contributed by atoms with van der Waals surface area (Å²) >= 11 is 0. The summed E-state index contributed by atoms with van der Waals surface area (Å²) < 4.78 is 32.0. The number of unbranched alkanes of at least 4 members (excludes halogenated alkanes) is 26. The van der Waals surface area contributed by atoms with Crippen LogP contribution in [0.1, 0.15) is 226 Å². The fourth-order valence-electron chi connectivity index (χ4n) is 6.62. The Morgan fingerprint density at radius 2 is 0.911 bits per heavy atom. The van der Waals surface area contributed by atoms with Crippen molar-refractivity contribution in [2.45, 2.75) is 232 Å². The van der Waals surface area contributed by atoms with Crippen LogP contribution in [0.2, 0.25) is 0 Å². The van der Waals surface area contributed by atoms with Crippen molar-refractivity contribution in [1.82, 2.24) is 0 Å². The van der Waals surface area contributed by atoms with Crippen molar-refractivity contribution in [2.24, 2.45) is 0 Å². The first-order valence-electron chi connectivity index (χ1n) is 23.2. The molecule has 0 heterocycles. The Kier molecular flexibility index (Phi) is 41.5. The molecule has 0 spiro atoms. The molecule has 56 heavy (non-hydrogen) atoms. The molecule has 0 aliphatic rings. The quantitative estimate of drug-likeness (QED) is 0.0281. The van der Waals surface area contributed by atoms with Gasteiger partial charge in [0.1, 0.15) is 6.61 Å². The highest BCUT2D eigenvalue weighted by atomic mass is 31.2. The summed E-state index contributed by atoms with van der Waals surface area (Å²) in [6, 6.07) is 0. The zero-order valence-corrected chi connectivity index (χ0v) is 37.4. The van der Waals surface area contributed by atoms with Gasteiger partial charge in [0.15, 0.2) is 6.10 Å². The number of carbonyl (C=O) groups is 2. The van der Waals surface area contributed by atoms with Gasteiger partial charge in [0, 0.05) is 20.0 Å². The van der Waals surface area contributed by atoms with Gasteiger partial charge in [-0.25, -0.2) is 4.57 Å². The van der Waals surface area contributed by atoms with Crippen molar-refractivity contribution in [2.75, 3.05) is 20.3 Å². The van der Waals surface area contributed by atoms with Crippen molar-refractivity contribution >= 4 is 19.8 Å². The number of esters is 2. The van der Waals surface area contributed by atoms with Gasteiger partial charge in [0.2, 0.25) is 0 Å². The highest BCUT2D eigenvalue weighted by molar-refractivity contribution is 7.47. The van der Waals surface area contributed by atoms with Crippen LogP contribution in [-0.4, -0.2) is 43.3 Å². The predicted molar refractivity (Wildman–Crippen MR) is 235 cm³/mol. The van der Waals surface area contributed by atoms with Crippen molar-refractivity contribution in [3.8, 4) is 0 Å². The molecule has 328 valence electrons. The molecule has 0 aromatic rings. The van der Waals surface area contributed by atoms with Crippen LogP contribution < -0.4 is 0 Å². The monoisotopic (exact) mass is 811 g/mol. The van der Waals surface area contributed by atoms with Gasteiger partial charge >= 0.3 is 19.8 Å². The van der Waals surface area contributed by atoms with Gasteiger partial charge in [0.25, 0.3) is 0 Å². The second-order valence-electron chi connectivity index (χ2n) is 15.5. The van der Waals surface area contributed by atoms with Crippen molar-refractivity contribution in [3.05, 3.63) is 36.5 Å². The first-order valence-corrected chi connectivity index (χ1v) is 24.7. The topological polar surface area (TPSA) is 108 Å². The zero-order valence-electron chi connectivity index (χ0n) is 36.5. The maximum atomic E-state index is 12.5. The molecule has 2 unspecified atom stereocenters. The van der Waals surface area contributed by atoms with E-state index in [0.29, 0.717) is 12.8 Å². The molecule has 0 aromatic carbocycles. The van der Waals surface area contributed by atoms with Crippen molar-refractivity contribution < 1.29 is 37.6 Å². The lowest BCUT2D eigenvalue weighted by Crippen LogP contribution is -2.29. The molecule has 0 radical (unpaired) electrons. The van der Waals surface area contributed by atoms with Crippen LogP contribution in [0.3, 0.4) is 0 Å². The number of phosphoric ester groups is 1. The van der Waals surface area contributed by atoms with Gasteiger partial charge in [-0.2, -0.15) is 0 Å². The van der Waals surface area contributed by atoms with E-state index in [4.69, 9.17) is 14.0 Å². The molecular weight excluding hydrogens is 723 g/mol. The fraction of sp³-hybridized carbons (Fsp3) is 0.830. The van der Waals surface area contributed by atoms with E-state index in [1.807, 2.05) is 0 Å². The van der Waals surface area contributed by atoms with Crippen LogP contribution in [0.5, 0.6) is 0 Å². The second-order valence-corrected chi connectivity index (χ2v) is 17.1. The number of hydrogen-bond acceptors (Lipinski definition) is 7. The van der Waals surface area contributed by atoms with Crippen LogP contribution >= 0.6 is 7.82 Å². The highest BCUT2D eigenvalue weighted by Crippen LogP contribution is 2.42. The average Bonchev–Trinajstić information content (AvgIpc) is 3.19. The summed E-state index contributed by atoms with van der Waals surface area (Å²) in [5.41, 5.74) is 0. The van der Waals surface area contributed by atoms with E-state index in [1.54, 1.807) is 0 Å². The minimum Gasteiger partial charge on any atom is -0.462 e. The Morgan fingerprint density at radius 3 is 1.36 bits per heavy atom. The van der Waals surface area contributed by atoms with Crippen LogP contribution in [0.15, 0.2) is 36.5 Å². The number of ether oxygens (including phenoxy) is 2. The molecular formula is C47H87O8P. The smallest absolute Gasteiger partial charge is 0.462 e. The van der Waals surface area contributed by atoms with Crippen LogP contribution in [0.4, 0.5) is 0 Å². The summed E-state index contributed by atoms with van der Waals surface area (Å²) in [7, 11) is -3.21. The lowest BCUT2D eigenvalue weighted by molar-refractivity contribution is -0.161. The standard InChI is InChI=1S/C47H87O8P/c1-4-6-8-10-12-14-16-18-20-21-22-23-24-25-26-28-29-31-33-35-37-39-41-46(48)53-43-45(44-54-56(50,51)52-3)55-47(49)42-40-38-36-34-32-30-27-19-17-15-13-11-9-7-5-2/h7,9,13,15,19,27,45H,4-6,8,10-12,14,16-18,20-26,28-44H2,1-3H3,(H,50,51)/b9-7-,15-13-,27-19-. The first-order chi connectivity index (χ1) is 27.3.